The zero-order valence-corrected chi connectivity index (χ0v) is 12.1. The highest BCUT2D eigenvalue weighted by Gasteiger charge is 2.09. The van der Waals surface area contributed by atoms with Crippen LogP contribution >= 0.6 is 0 Å². The molecular formula is C19H17FO. The molecule has 0 saturated heterocycles. The van der Waals surface area contributed by atoms with E-state index in [-0.39, 0.29) is 5.82 Å². The van der Waals surface area contributed by atoms with E-state index >= 15 is 0 Å². The average molecular weight is 280 g/mol. The maximum Gasteiger partial charge on any atom is 0.124 e. The number of allylic oxidation sites excluding steroid dienone is 1. The van der Waals surface area contributed by atoms with Crippen molar-refractivity contribution in [3.8, 4) is 11.8 Å². The molecule has 2 aromatic carbocycles. The summed E-state index contributed by atoms with van der Waals surface area (Å²) in [6.07, 6.45) is 0.941. The lowest BCUT2D eigenvalue weighted by Gasteiger charge is -2.09. The summed E-state index contributed by atoms with van der Waals surface area (Å²) in [7, 11) is 0. The van der Waals surface area contributed by atoms with E-state index in [9.17, 15) is 9.50 Å². The predicted octanol–water partition coefficient (Wildman–Crippen LogP) is 4.23. The minimum absolute atomic E-state index is 0.361. The van der Waals surface area contributed by atoms with Crippen LogP contribution < -0.4 is 0 Å². The van der Waals surface area contributed by atoms with Crippen LogP contribution in [0.3, 0.4) is 0 Å². The molecule has 2 aromatic rings. The molecule has 2 rings (SSSR count). The molecule has 0 bridgehead atoms. The zero-order chi connectivity index (χ0) is 15.2. The van der Waals surface area contributed by atoms with E-state index < -0.39 is 6.10 Å². The minimum atomic E-state index is -0.782. The molecular weight excluding hydrogens is 263 g/mol. The summed E-state index contributed by atoms with van der Waals surface area (Å²) >= 11 is 0. The summed E-state index contributed by atoms with van der Waals surface area (Å²) < 4.78 is 13.4. The third-order valence-electron chi connectivity index (χ3n) is 2.94. The molecule has 1 N–H and O–H groups in total. The molecule has 1 unspecified atom stereocenters. The standard InChI is InChI=1S/C19H17FO/c1-14(2)12-19(21)18-11-10-17(20)13-16(18)9-8-15-6-4-3-5-7-15/h3-7,10-13,19,21H,1-2H3. The third kappa shape index (κ3) is 4.30. The van der Waals surface area contributed by atoms with Crippen molar-refractivity contribution in [1.29, 1.82) is 0 Å². The van der Waals surface area contributed by atoms with Gasteiger partial charge in [-0.1, -0.05) is 47.8 Å². The number of halogens is 1. The van der Waals surface area contributed by atoms with Crippen LogP contribution in [0, 0.1) is 17.7 Å². The van der Waals surface area contributed by atoms with Gasteiger partial charge in [-0.25, -0.2) is 4.39 Å². The molecule has 0 fully saturated rings. The molecule has 1 atom stereocenters. The maximum atomic E-state index is 13.4. The first-order valence-corrected chi connectivity index (χ1v) is 6.76. The lowest BCUT2D eigenvalue weighted by molar-refractivity contribution is 0.227. The maximum absolute atomic E-state index is 13.4. The van der Waals surface area contributed by atoms with Gasteiger partial charge in [0.15, 0.2) is 0 Å². The van der Waals surface area contributed by atoms with Gasteiger partial charge in [0.25, 0.3) is 0 Å². The Morgan fingerprint density at radius 3 is 2.48 bits per heavy atom. The summed E-state index contributed by atoms with van der Waals surface area (Å²) in [6, 6.07) is 13.8. The van der Waals surface area contributed by atoms with Gasteiger partial charge in [-0.15, -0.1) is 0 Å². The van der Waals surface area contributed by atoms with Crippen molar-refractivity contribution in [1.82, 2.24) is 0 Å². The van der Waals surface area contributed by atoms with Gasteiger partial charge in [-0.05, 0) is 38.1 Å². The Hall–Kier alpha value is -2.37. The molecule has 0 heterocycles. The normalized spacial score (nSPS) is 11.2. The number of benzene rings is 2. The predicted molar refractivity (Wildman–Crippen MR) is 83.2 cm³/mol. The van der Waals surface area contributed by atoms with Crippen molar-refractivity contribution in [2.24, 2.45) is 0 Å². The van der Waals surface area contributed by atoms with Crippen molar-refractivity contribution in [2.75, 3.05) is 0 Å². The SMILES string of the molecule is CC(C)=CC(O)c1ccc(F)cc1C#Cc1ccccc1. The van der Waals surface area contributed by atoms with Crippen molar-refractivity contribution in [3.05, 3.63) is 82.7 Å². The molecule has 0 radical (unpaired) electrons. The van der Waals surface area contributed by atoms with E-state index in [4.69, 9.17) is 0 Å². The van der Waals surface area contributed by atoms with Crippen LogP contribution in [0.4, 0.5) is 4.39 Å². The molecule has 21 heavy (non-hydrogen) atoms. The van der Waals surface area contributed by atoms with Crippen LogP contribution in [0.1, 0.15) is 36.6 Å². The topological polar surface area (TPSA) is 20.2 Å². The summed E-state index contributed by atoms with van der Waals surface area (Å²) in [5.41, 5.74) is 2.96. The summed E-state index contributed by atoms with van der Waals surface area (Å²) in [4.78, 5) is 0. The first kappa shape index (κ1) is 15.0. The Morgan fingerprint density at radius 1 is 1.10 bits per heavy atom. The second kappa shape index (κ2) is 6.88. The molecule has 0 spiro atoms. The van der Waals surface area contributed by atoms with E-state index in [2.05, 4.69) is 11.8 Å². The fourth-order valence-electron chi connectivity index (χ4n) is 1.96. The summed E-state index contributed by atoms with van der Waals surface area (Å²) in [6.45, 7) is 3.81. The van der Waals surface area contributed by atoms with Gasteiger partial charge < -0.3 is 5.11 Å². The highest BCUT2D eigenvalue weighted by molar-refractivity contribution is 5.48. The second-order valence-corrected chi connectivity index (χ2v) is 5.04. The van der Waals surface area contributed by atoms with E-state index in [1.165, 1.54) is 12.1 Å². The van der Waals surface area contributed by atoms with E-state index in [0.29, 0.717) is 11.1 Å². The number of aliphatic hydroxyl groups is 1. The first-order chi connectivity index (χ1) is 10.1. The molecule has 0 amide bonds. The van der Waals surface area contributed by atoms with Crippen LogP contribution in [-0.4, -0.2) is 5.11 Å². The van der Waals surface area contributed by atoms with Gasteiger partial charge in [-0.3, -0.25) is 0 Å². The number of rotatable bonds is 2. The average Bonchev–Trinajstić information content (AvgIpc) is 2.45. The molecule has 0 aliphatic heterocycles. The van der Waals surface area contributed by atoms with Crippen LogP contribution in [0.5, 0.6) is 0 Å². The van der Waals surface area contributed by atoms with E-state index in [0.717, 1.165) is 11.1 Å². The fourth-order valence-corrected chi connectivity index (χ4v) is 1.96. The Kier molecular flexibility index (Phi) is 4.92. The molecule has 0 aliphatic carbocycles. The van der Waals surface area contributed by atoms with E-state index in [1.54, 1.807) is 12.1 Å². The van der Waals surface area contributed by atoms with Crippen LogP contribution in [-0.2, 0) is 0 Å². The van der Waals surface area contributed by atoms with Crippen LogP contribution in [0.2, 0.25) is 0 Å². The van der Waals surface area contributed by atoms with Crippen LogP contribution in [0.15, 0.2) is 60.2 Å². The highest BCUT2D eigenvalue weighted by atomic mass is 19.1. The minimum Gasteiger partial charge on any atom is -0.384 e. The Bertz CT molecular complexity index is 701. The largest absolute Gasteiger partial charge is 0.384 e. The van der Waals surface area contributed by atoms with Crippen molar-refractivity contribution in [2.45, 2.75) is 20.0 Å². The number of hydrogen-bond donors (Lipinski definition) is 1. The highest BCUT2D eigenvalue weighted by Crippen LogP contribution is 2.21. The fraction of sp³-hybridized carbons (Fsp3) is 0.158. The van der Waals surface area contributed by atoms with Gasteiger partial charge in [0.05, 0.1) is 6.10 Å². The Morgan fingerprint density at radius 2 is 1.81 bits per heavy atom. The lowest BCUT2D eigenvalue weighted by atomic mass is 10.0. The molecule has 0 aromatic heterocycles. The molecule has 0 aliphatic rings. The van der Waals surface area contributed by atoms with Gasteiger partial charge in [0.2, 0.25) is 0 Å². The van der Waals surface area contributed by atoms with Crippen molar-refractivity contribution in [3.63, 3.8) is 0 Å². The van der Waals surface area contributed by atoms with Gasteiger partial charge >= 0.3 is 0 Å². The third-order valence-corrected chi connectivity index (χ3v) is 2.94. The monoisotopic (exact) mass is 280 g/mol. The Balaban J connectivity index is 2.41. The number of aliphatic hydroxyl groups excluding tert-OH is 1. The van der Waals surface area contributed by atoms with Crippen molar-refractivity contribution < 1.29 is 9.50 Å². The molecule has 2 heteroatoms. The lowest BCUT2D eigenvalue weighted by Crippen LogP contribution is -1.98. The summed E-state index contributed by atoms with van der Waals surface area (Å²) in [5, 5.41) is 10.2. The van der Waals surface area contributed by atoms with Gasteiger partial charge in [-0.2, -0.15) is 0 Å². The summed E-state index contributed by atoms with van der Waals surface area (Å²) in [5.74, 6) is 5.57. The zero-order valence-electron chi connectivity index (χ0n) is 12.1. The molecule has 0 saturated carbocycles. The number of hydrogen-bond acceptors (Lipinski definition) is 1. The van der Waals surface area contributed by atoms with Crippen molar-refractivity contribution >= 4 is 0 Å². The molecule has 1 nitrogen and oxygen atoms in total. The first-order valence-electron chi connectivity index (χ1n) is 6.76. The van der Waals surface area contributed by atoms with E-state index in [1.807, 2.05) is 44.2 Å². The second-order valence-electron chi connectivity index (χ2n) is 5.04. The smallest absolute Gasteiger partial charge is 0.124 e. The van der Waals surface area contributed by atoms with Gasteiger partial charge in [0.1, 0.15) is 5.82 Å². The van der Waals surface area contributed by atoms with Crippen LogP contribution in [0.25, 0.3) is 0 Å². The van der Waals surface area contributed by atoms with Gasteiger partial charge in [0, 0.05) is 16.7 Å². The quantitative estimate of drug-likeness (QED) is 0.645. The molecule has 106 valence electrons. The Labute approximate surface area is 124 Å².